The minimum Gasteiger partial charge on any atom is -0.399 e. The van der Waals surface area contributed by atoms with Crippen LogP contribution < -0.4 is 16.4 Å². The van der Waals surface area contributed by atoms with Crippen molar-refractivity contribution < 1.29 is 4.79 Å². The number of hydrogen-bond acceptors (Lipinski definition) is 2. The molecule has 0 aliphatic carbocycles. The SMILES string of the molecule is Nc1ccc(Cl)c(NC(=O)Nc2cc(Cl)ccc2Cl)c1. The first-order valence-corrected chi connectivity index (χ1v) is 6.67. The molecule has 0 aliphatic heterocycles. The molecule has 4 N–H and O–H groups in total. The fraction of sp³-hybridized carbons (Fsp3) is 0. The maximum Gasteiger partial charge on any atom is 0.323 e. The predicted octanol–water partition coefficient (Wildman–Crippen LogP) is 4.87. The normalized spacial score (nSPS) is 10.2. The smallest absolute Gasteiger partial charge is 0.323 e. The number of hydrogen-bond donors (Lipinski definition) is 3. The van der Waals surface area contributed by atoms with Gasteiger partial charge in [-0.25, -0.2) is 4.79 Å². The van der Waals surface area contributed by atoms with Crippen LogP contribution in [0, 0.1) is 0 Å². The summed E-state index contributed by atoms with van der Waals surface area (Å²) in [7, 11) is 0. The van der Waals surface area contributed by atoms with Crippen molar-refractivity contribution in [2.24, 2.45) is 0 Å². The summed E-state index contributed by atoms with van der Waals surface area (Å²) in [6.45, 7) is 0. The van der Waals surface area contributed by atoms with Gasteiger partial charge in [-0.1, -0.05) is 34.8 Å². The van der Waals surface area contributed by atoms with Gasteiger partial charge in [0.1, 0.15) is 0 Å². The van der Waals surface area contributed by atoms with Crippen LogP contribution in [0.1, 0.15) is 0 Å². The van der Waals surface area contributed by atoms with Crippen molar-refractivity contribution in [2.75, 3.05) is 16.4 Å². The van der Waals surface area contributed by atoms with E-state index in [0.717, 1.165) is 0 Å². The summed E-state index contributed by atoms with van der Waals surface area (Å²) in [5.74, 6) is 0. The van der Waals surface area contributed by atoms with Crippen LogP contribution >= 0.6 is 34.8 Å². The molecule has 0 atom stereocenters. The third-order valence-corrected chi connectivity index (χ3v) is 3.31. The second-order valence-corrected chi connectivity index (χ2v) is 5.19. The van der Waals surface area contributed by atoms with E-state index in [1.54, 1.807) is 36.4 Å². The van der Waals surface area contributed by atoms with E-state index in [9.17, 15) is 4.79 Å². The van der Waals surface area contributed by atoms with Crippen LogP contribution in [0.4, 0.5) is 21.9 Å². The van der Waals surface area contributed by atoms with Crippen LogP contribution in [0.2, 0.25) is 15.1 Å². The lowest BCUT2D eigenvalue weighted by Gasteiger charge is -2.11. The lowest BCUT2D eigenvalue weighted by molar-refractivity contribution is 0.262. The second kappa shape index (κ2) is 6.22. The molecular weight excluding hydrogens is 321 g/mol. The minimum absolute atomic E-state index is 0.378. The van der Waals surface area contributed by atoms with Gasteiger partial charge >= 0.3 is 6.03 Å². The zero-order valence-electron chi connectivity index (χ0n) is 10.1. The van der Waals surface area contributed by atoms with Crippen molar-refractivity contribution in [3.8, 4) is 0 Å². The van der Waals surface area contributed by atoms with E-state index in [0.29, 0.717) is 32.1 Å². The van der Waals surface area contributed by atoms with E-state index in [4.69, 9.17) is 40.5 Å². The Balaban J connectivity index is 2.13. The van der Waals surface area contributed by atoms with Crippen molar-refractivity contribution in [1.82, 2.24) is 0 Å². The van der Waals surface area contributed by atoms with E-state index >= 15 is 0 Å². The van der Waals surface area contributed by atoms with Crippen LogP contribution in [-0.2, 0) is 0 Å². The molecule has 0 fully saturated rings. The number of halogens is 3. The molecule has 7 heteroatoms. The molecule has 0 aromatic heterocycles. The van der Waals surface area contributed by atoms with Crippen LogP contribution in [0.3, 0.4) is 0 Å². The Morgan fingerprint density at radius 3 is 2.10 bits per heavy atom. The van der Waals surface area contributed by atoms with Crippen molar-refractivity contribution >= 4 is 57.9 Å². The summed E-state index contributed by atoms with van der Waals surface area (Å²) >= 11 is 17.7. The fourth-order valence-electron chi connectivity index (χ4n) is 1.51. The number of urea groups is 1. The molecule has 0 radical (unpaired) electrons. The standard InChI is InChI=1S/C13H10Cl3N3O/c14-7-1-3-9(15)11(5-7)18-13(20)19-12-6-8(17)2-4-10(12)16/h1-6H,17H2,(H2,18,19,20). The highest BCUT2D eigenvalue weighted by molar-refractivity contribution is 6.36. The third kappa shape index (κ3) is 3.70. The van der Waals surface area contributed by atoms with Gasteiger partial charge in [0, 0.05) is 10.7 Å². The maximum absolute atomic E-state index is 11.9. The zero-order valence-corrected chi connectivity index (χ0v) is 12.4. The molecule has 2 amide bonds. The van der Waals surface area contributed by atoms with Crippen molar-refractivity contribution in [3.63, 3.8) is 0 Å². The van der Waals surface area contributed by atoms with Crippen LogP contribution in [-0.4, -0.2) is 6.03 Å². The Morgan fingerprint density at radius 2 is 1.45 bits per heavy atom. The summed E-state index contributed by atoms with van der Waals surface area (Å²) < 4.78 is 0. The molecule has 2 rings (SSSR count). The van der Waals surface area contributed by atoms with E-state index in [1.807, 2.05) is 0 Å². The molecule has 0 bridgehead atoms. The quantitative estimate of drug-likeness (QED) is 0.687. The van der Waals surface area contributed by atoms with E-state index in [1.165, 1.54) is 0 Å². The molecule has 2 aromatic carbocycles. The number of benzene rings is 2. The topological polar surface area (TPSA) is 67.1 Å². The van der Waals surface area contributed by atoms with Crippen molar-refractivity contribution in [2.45, 2.75) is 0 Å². The number of rotatable bonds is 2. The molecule has 2 aromatic rings. The Morgan fingerprint density at radius 1 is 0.900 bits per heavy atom. The number of nitrogens with two attached hydrogens (primary N) is 1. The molecule has 0 aliphatic rings. The van der Waals surface area contributed by atoms with Gasteiger partial charge in [0.25, 0.3) is 0 Å². The average molecular weight is 331 g/mol. The minimum atomic E-state index is -0.498. The van der Waals surface area contributed by atoms with Crippen LogP contribution in [0.5, 0.6) is 0 Å². The Bertz CT molecular complexity index is 606. The fourth-order valence-corrected chi connectivity index (χ4v) is 2.01. The Kier molecular flexibility index (Phi) is 4.60. The van der Waals surface area contributed by atoms with Gasteiger partial charge in [0.15, 0.2) is 0 Å². The number of nitrogens with one attached hydrogen (secondary N) is 2. The summed E-state index contributed by atoms with van der Waals surface area (Å²) in [6, 6.07) is 9.06. The lowest BCUT2D eigenvalue weighted by atomic mass is 10.3. The van der Waals surface area contributed by atoms with Gasteiger partial charge in [-0.15, -0.1) is 0 Å². The number of nitrogen functional groups attached to an aromatic ring is 1. The zero-order chi connectivity index (χ0) is 14.7. The average Bonchev–Trinajstić information content (AvgIpc) is 2.38. The Hall–Kier alpha value is -1.62. The van der Waals surface area contributed by atoms with Crippen molar-refractivity contribution in [3.05, 3.63) is 51.5 Å². The molecule has 0 unspecified atom stereocenters. The number of carbonyl (C=O) groups excluding carboxylic acids is 1. The summed E-state index contributed by atoms with van der Waals surface area (Å²) in [4.78, 5) is 11.9. The maximum atomic E-state index is 11.9. The highest BCUT2D eigenvalue weighted by Gasteiger charge is 2.09. The molecule has 20 heavy (non-hydrogen) atoms. The number of amides is 2. The van der Waals surface area contributed by atoms with E-state index < -0.39 is 6.03 Å². The summed E-state index contributed by atoms with van der Waals surface area (Å²) in [6.07, 6.45) is 0. The number of anilines is 3. The third-order valence-electron chi connectivity index (χ3n) is 2.42. The molecule has 0 heterocycles. The summed E-state index contributed by atoms with van der Waals surface area (Å²) in [5.41, 5.74) is 6.93. The molecule has 4 nitrogen and oxygen atoms in total. The Labute approximate surface area is 130 Å². The van der Waals surface area contributed by atoms with Gasteiger partial charge in [0.05, 0.1) is 21.4 Å². The van der Waals surface area contributed by atoms with Gasteiger partial charge in [-0.2, -0.15) is 0 Å². The first-order chi connectivity index (χ1) is 9.45. The van der Waals surface area contributed by atoms with Gasteiger partial charge in [-0.05, 0) is 36.4 Å². The predicted molar refractivity (Wildman–Crippen MR) is 85.0 cm³/mol. The van der Waals surface area contributed by atoms with Crippen molar-refractivity contribution in [1.29, 1.82) is 0 Å². The second-order valence-electron chi connectivity index (χ2n) is 3.94. The molecule has 0 spiro atoms. The molecule has 104 valence electrons. The molecule has 0 saturated heterocycles. The summed E-state index contributed by atoms with van der Waals surface area (Å²) in [5, 5.41) is 6.39. The highest BCUT2D eigenvalue weighted by Crippen LogP contribution is 2.27. The van der Waals surface area contributed by atoms with Gasteiger partial charge in [0.2, 0.25) is 0 Å². The van der Waals surface area contributed by atoms with Gasteiger partial charge in [-0.3, -0.25) is 0 Å². The van der Waals surface area contributed by atoms with Crippen LogP contribution in [0.15, 0.2) is 36.4 Å². The first kappa shape index (κ1) is 14.8. The highest BCUT2D eigenvalue weighted by atomic mass is 35.5. The van der Waals surface area contributed by atoms with Crippen LogP contribution in [0.25, 0.3) is 0 Å². The largest absolute Gasteiger partial charge is 0.399 e. The van der Waals surface area contributed by atoms with E-state index in [-0.39, 0.29) is 0 Å². The molecular formula is C13H10Cl3N3O. The van der Waals surface area contributed by atoms with E-state index in [2.05, 4.69) is 10.6 Å². The van der Waals surface area contributed by atoms with Gasteiger partial charge < -0.3 is 16.4 Å². The monoisotopic (exact) mass is 329 g/mol. The number of carbonyl (C=O) groups is 1. The first-order valence-electron chi connectivity index (χ1n) is 5.54. The molecule has 0 saturated carbocycles. The lowest BCUT2D eigenvalue weighted by Crippen LogP contribution is -2.20.